The summed E-state index contributed by atoms with van der Waals surface area (Å²) in [5.74, 6) is -0.0632. The van der Waals surface area contributed by atoms with Crippen LogP contribution in [0.3, 0.4) is 0 Å². The van der Waals surface area contributed by atoms with Gasteiger partial charge in [-0.2, -0.15) is 0 Å². The van der Waals surface area contributed by atoms with Gasteiger partial charge < -0.3 is 14.9 Å². The maximum atomic E-state index is 11.8. The number of para-hydroxylation sites is 2. The Bertz CT molecular complexity index is 1220. The van der Waals surface area contributed by atoms with E-state index in [-0.39, 0.29) is 35.1 Å². The average Bonchev–Trinajstić information content (AvgIpc) is 2.95. The first kappa shape index (κ1) is 20.1. The Morgan fingerprint density at radius 1 is 1.00 bits per heavy atom. The third kappa shape index (κ3) is 3.48. The van der Waals surface area contributed by atoms with Gasteiger partial charge in [0, 0.05) is 25.0 Å². The average molecular weight is 399 g/mol. The molecule has 0 radical (unpaired) electrons. The van der Waals surface area contributed by atoms with Gasteiger partial charge in [0.15, 0.2) is 5.65 Å². The Hall–Kier alpha value is -2.19. The number of fused-ring (bicyclic) bond motifs is 5. The number of carbonyl (C=O) groups is 1. The molecule has 7 nitrogen and oxygen atoms in total. The summed E-state index contributed by atoms with van der Waals surface area (Å²) in [6.07, 6.45) is 1.09. The Labute approximate surface area is 190 Å². The van der Waals surface area contributed by atoms with Crippen molar-refractivity contribution in [2.45, 2.75) is 6.42 Å². The zero-order valence-electron chi connectivity index (χ0n) is 15.7. The second-order valence-corrected chi connectivity index (χ2v) is 7.35. The van der Waals surface area contributed by atoms with Crippen molar-refractivity contribution < 1.29 is 9.90 Å². The molecule has 4 heterocycles. The molecule has 0 aliphatic carbocycles. The summed E-state index contributed by atoms with van der Waals surface area (Å²) >= 11 is 0. The Kier molecular flexibility index (Phi) is 5.48. The molecule has 1 aliphatic rings. The van der Waals surface area contributed by atoms with Crippen LogP contribution in [0.25, 0.3) is 27.7 Å². The number of imidazole rings is 1. The number of rotatable bonds is 2. The van der Waals surface area contributed by atoms with E-state index >= 15 is 0 Å². The van der Waals surface area contributed by atoms with Gasteiger partial charge in [-0.05, 0) is 50.3 Å². The monoisotopic (exact) mass is 399 g/mol. The van der Waals surface area contributed by atoms with Crippen molar-refractivity contribution in [1.29, 1.82) is 0 Å². The first-order valence-corrected chi connectivity index (χ1v) is 9.49. The van der Waals surface area contributed by atoms with Crippen molar-refractivity contribution in [3.05, 3.63) is 48.0 Å². The maximum absolute atomic E-state index is 11.8. The van der Waals surface area contributed by atoms with Crippen molar-refractivity contribution in [2.24, 2.45) is 0 Å². The number of likely N-dealkylation sites (N-methyl/N-ethyl adjacent to an activating group) is 1. The van der Waals surface area contributed by atoms with Gasteiger partial charge in [0.05, 0.1) is 11.0 Å². The molecule has 0 atom stereocenters. The first-order chi connectivity index (χ1) is 13.6. The Morgan fingerprint density at radius 2 is 1.83 bits per heavy atom. The summed E-state index contributed by atoms with van der Waals surface area (Å²) in [6.45, 7) is 3.98. The third-order valence-electron chi connectivity index (χ3n) is 5.48. The van der Waals surface area contributed by atoms with E-state index in [0.717, 1.165) is 60.5 Å². The molecule has 1 aromatic carbocycles. The molecule has 3 aromatic heterocycles. The van der Waals surface area contributed by atoms with E-state index in [1.54, 1.807) is 6.07 Å². The number of hydrogen-bond acceptors (Lipinski definition) is 5. The fourth-order valence-electron chi connectivity index (χ4n) is 3.99. The van der Waals surface area contributed by atoms with Gasteiger partial charge in [-0.15, -0.1) is 0 Å². The standard InChI is InChI=1S/C21H21N5O2.Na.H/c1-24-9-4-10-25(12-11-24)18-8-7-14-13-15(21(27)28)20-22-16-5-2-3-6-17(16)26(20)19(14)23-18;;/h2-3,5-8,13H,4,9-12H2,1H3,(H,27,28);;. The van der Waals surface area contributed by atoms with Gasteiger partial charge in [-0.25, -0.2) is 14.8 Å². The van der Waals surface area contributed by atoms with Crippen molar-refractivity contribution in [1.82, 2.24) is 19.3 Å². The molecule has 0 saturated carbocycles. The van der Waals surface area contributed by atoms with Crippen LogP contribution in [0, 0.1) is 0 Å². The zero-order valence-corrected chi connectivity index (χ0v) is 15.7. The molecular formula is C21H22N5NaO2. The molecule has 1 aliphatic heterocycles. The number of anilines is 1. The fraction of sp³-hybridized carbons (Fsp3) is 0.286. The SMILES string of the molecule is CN1CCCN(c2ccc3cc(C(=O)O)c4nc5ccccc5n4c3n2)CC1.[NaH]. The van der Waals surface area contributed by atoms with Crippen LogP contribution in [0.2, 0.25) is 0 Å². The number of carboxylic acid groups (broad SMARTS) is 1. The molecule has 29 heavy (non-hydrogen) atoms. The molecule has 0 amide bonds. The first-order valence-electron chi connectivity index (χ1n) is 9.49. The number of aromatic carboxylic acids is 1. The van der Waals surface area contributed by atoms with E-state index in [2.05, 4.69) is 21.8 Å². The zero-order chi connectivity index (χ0) is 19.3. The molecule has 144 valence electrons. The van der Waals surface area contributed by atoms with Crippen LogP contribution in [-0.4, -0.2) is 93.1 Å². The van der Waals surface area contributed by atoms with E-state index in [1.807, 2.05) is 40.8 Å². The molecule has 1 saturated heterocycles. The predicted molar refractivity (Wildman–Crippen MR) is 116 cm³/mol. The molecule has 8 heteroatoms. The fourth-order valence-corrected chi connectivity index (χ4v) is 3.99. The minimum atomic E-state index is -0.984. The topological polar surface area (TPSA) is 74.0 Å². The van der Waals surface area contributed by atoms with E-state index in [9.17, 15) is 9.90 Å². The van der Waals surface area contributed by atoms with E-state index in [0.29, 0.717) is 5.65 Å². The van der Waals surface area contributed by atoms with E-state index in [1.165, 1.54) is 0 Å². The van der Waals surface area contributed by atoms with Gasteiger partial charge in [0.2, 0.25) is 0 Å². The quantitative estimate of drug-likeness (QED) is 0.521. The Morgan fingerprint density at radius 3 is 2.66 bits per heavy atom. The number of carboxylic acids is 1. The number of aromatic nitrogens is 3. The number of nitrogens with zero attached hydrogens (tertiary/aromatic N) is 5. The molecule has 4 aromatic rings. The van der Waals surface area contributed by atoms with Crippen LogP contribution in [0.5, 0.6) is 0 Å². The van der Waals surface area contributed by atoms with Gasteiger partial charge in [-0.1, -0.05) is 12.1 Å². The van der Waals surface area contributed by atoms with E-state index in [4.69, 9.17) is 4.98 Å². The molecule has 5 rings (SSSR count). The van der Waals surface area contributed by atoms with Crippen LogP contribution in [-0.2, 0) is 0 Å². The van der Waals surface area contributed by atoms with Crippen LogP contribution in [0.1, 0.15) is 16.8 Å². The van der Waals surface area contributed by atoms with Crippen LogP contribution < -0.4 is 4.90 Å². The summed E-state index contributed by atoms with van der Waals surface area (Å²) in [6, 6.07) is 13.3. The van der Waals surface area contributed by atoms with Crippen LogP contribution in [0.15, 0.2) is 42.5 Å². The van der Waals surface area contributed by atoms with Crippen LogP contribution >= 0.6 is 0 Å². The molecule has 0 unspecified atom stereocenters. The molecule has 0 bridgehead atoms. The summed E-state index contributed by atoms with van der Waals surface area (Å²) in [5, 5.41) is 10.5. The van der Waals surface area contributed by atoms with Crippen molar-refractivity contribution in [3.63, 3.8) is 0 Å². The summed E-state index contributed by atoms with van der Waals surface area (Å²) in [5.41, 5.74) is 2.99. The number of hydrogen-bond donors (Lipinski definition) is 1. The van der Waals surface area contributed by atoms with Crippen LogP contribution in [0.4, 0.5) is 5.82 Å². The number of pyridine rings is 2. The molecule has 0 spiro atoms. The second-order valence-electron chi connectivity index (χ2n) is 7.35. The van der Waals surface area contributed by atoms with Crippen molar-refractivity contribution >= 4 is 69.1 Å². The van der Waals surface area contributed by atoms with Crippen molar-refractivity contribution in [3.8, 4) is 0 Å². The number of benzene rings is 1. The normalized spacial score (nSPS) is 15.6. The van der Waals surface area contributed by atoms with Gasteiger partial charge in [-0.3, -0.25) is 4.40 Å². The van der Waals surface area contributed by atoms with Gasteiger partial charge in [0.25, 0.3) is 0 Å². The summed E-state index contributed by atoms with van der Waals surface area (Å²) < 4.78 is 1.88. The third-order valence-corrected chi connectivity index (χ3v) is 5.48. The second kappa shape index (κ2) is 7.91. The Balaban J connectivity index is 0.00000205. The minimum absolute atomic E-state index is 0. The van der Waals surface area contributed by atoms with Gasteiger partial charge in [0.1, 0.15) is 17.0 Å². The molecule has 1 fully saturated rings. The summed E-state index contributed by atoms with van der Waals surface area (Å²) in [7, 11) is 2.14. The van der Waals surface area contributed by atoms with Crippen molar-refractivity contribution in [2.75, 3.05) is 38.1 Å². The summed E-state index contributed by atoms with van der Waals surface area (Å²) in [4.78, 5) is 26.0. The molecule has 1 N–H and O–H groups in total. The van der Waals surface area contributed by atoms with E-state index < -0.39 is 5.97 Å². The predicted octanol–water partition coefficient (Wildman–Crippen LogP) is 2.23. The van der Waals surface area contributed by atoms with Gasteiger partial charge >= 0.3 is 35.5 Å². The molecular weight excluding hydrogens is 377 g/mol.